The molecule has 1 N–H and O–H groups in total. The molecule has 0 aliphatic rings. The summed E-state index contributed by atoms with van der Waals surface area (Å²) in [5, 5.41) is 17.5. The maximum atomic E-state index is 12.2. The summed E-state index contributed by atoms with van der Waals surface area (Å²) in [6, 6.07) is 10.4. The number of carbonyl (C=O) groups excluding carboxylic acids is 1. The lowest BCUT2D eigenvalue weighted by Gasteiger charge is -2.01. The van der Waals surface area contributed by atoms with E-state index in [4.69, 9.17) is 10.4 Å². The summed E-state index contributed by atoms with van der Waals surface area (Å²) in [6.07, 6.45) is 6.65. The van der Waals surface area contributed by atoms with Crippen LogP contribution >= 0.6 is 0 Å². The highest BCUT2D eigenvalue weighted by atomic mass is 16.2. The summed E-state index contributed by atoms with van der Waals surface area (Å²) >= 11 is 0. The molecular formula is C15H12N2O2. The van der Waals surface area contributed by atoms with Gasteiger partial charge in [-0.1, -0.05) is 18.2 Å². The van der Waals surface area contributed by atoms with Crippen LogP contribution in [0.4, 0.5) is 0 Å². The van der Waals surface area contributed by atoms with Gasteiger partial charge in [-0.2, -0.15) is 5.26 Å². The average Bonchev–Trinajstić information content (AvgIpc) is 2.93. The molecule has 4 heteroatoms. The molecule has 19 heavy (non-hydrogen) atoms. The Morgan fingerprint density at radius 1 is 1.42 bits per heavy atom. The first-order valence-corrected chi connectivity index (χ1v) is 5.75. The first-order valence-electron chi connectivity index (χ1n) is 5.75. The lowest BCUT2D eigenvalue weighted by atomic mass is 10.1. The Kier molecular flexibility index (Phi) is 3.91. The molecule has 2 aromatic rings. The SMILES string of the molecule is N#Cc1cccc(C(=O)n2ccc(C=CCO)c2)c1. The topological polar surface area (TPSA) is 66.0 Å². The number of hydrogen-bond acceptors (Lipinski definition) is 3. The van der Waals surface area contributed by atoms with E-state index in [1.54, 1.807) is 54.9 Å². The van der Waals surface area contributed by atoms with Crippen LogP contribution < -0.4 is 0 Å². The summed E-state index contributed by atoms with van der Waals surface area (Å²) in [4.78, 5) is 12.2. The van der Waals surface area contributed by atoms with Crippen LogP contribution in [0.15, 0.2) is 48.8 Å². The van der Waals surface area contributed by atoms with E-state index in [1.165, 1.54) is 4.57 Å². The predicted octanol–water partition coefficient (Wildman–Crippen LogP) is 2.05. The van der Waals surface area contributed by atoms with Gasteiger partial charge in [-0.15, -0.1) is 0 Å². The minimum absolute atomic E-state index is 0.0384. The molecule has 0 radical (unpaired) electrons. The highest BCUT2D eigenvalue weighted by Gasteiger charge is 2.08. The Bertz CT molecular complexity index is 663. The Balaban J connectivity index is 2.26. The van der Waals surface area contributed by atoms with E-state index < -0.39 is 0 Å². The Hall–Kier alpha value is -2.64. The number of aromatic nitrogens is 1. The standard InChI is InChI=1S/C15H12N2O2/c16-10-13-3-1-5-14(9-13)15(19)17-7-6-12(11-17)4-2-8-18/h1-7,9,11,18H,8H2. The number of hydrogen-bond donors (Lipinski definition) is 1. The smallest absolute Gasteiger partial charge is 0.261 e. The third kappa shape index (κ3) is 2.97. The zero-order valence-corrected chi connectivity index (χ0v) is 10.2. The molecule has 1 heterocycles. The molecule has 0 saturated carbocycles. The van der Waals surface area contributed by atoms with Gasteiger partial charge in [0, 0.05) is 18.0 Å². The van der Waals surface area contributed by atoms with Crippen molar-refractivity contribution in [2.24, 2.45) is 0 Å². The number of rotatable bonds is 3. The van der Waals surface area contributed by atoms with E-state index in [0.717, 1.165) is 5.56 Å². The van der Waals surface area contributed by atoms with Crippen LogP contribution in [0.5, 0.6) is 0 Å². The van der Waals surface area contributed by atoms with Crippen molar-refractivity contribution in [2.75, 3.05) is 6.61 Å². The number of aliphatic hydroxyl groups excluding tert-OH is 1. The van der Waals surface area contributed by atoms with Gasteiger partial charge in [0.2, 0.25) is 0 Å². The fourth-order valence-corrected chi connectivity index (χ4v) is 1.70. The molecule has 94 valence electrons. The Morgan fingerprint density at radius 3 is 3.00 bits per heavy atom. The number of carbonyl (C=O) groups is 1. The average molecular weight is 252 g/mol. The van der Waals surface area contributed by atoms with Gasteiger partial charge in [0.25, 0.3) is 5.91 Å². The van der Waals surface area contributed by atoms with Crippen LogP contribution in [-0.4, -0.2) is 22.2 Å². The van der Waals surface area contributed by atoms with E-state index >= 15 is 0 Å². The molecule has 0 spiro atoms. The summed E-state index contributed by atoms with van der Waals surface area (Å²) in [5.41, 5.74) is 1.75. The molecule has 0 unspecified atom stereocenters. The van der Waals surface area contributed by atoms with Crippen LogP contribution in [0.2, 0.25) is 0 Å². The highest BCUT2D eigenvalue weighted by Crippen LogP contribution is 2.10. The lowest BCUT2D eigenvalue weighted by molar-refractivity contribution is 0.0960. The largest absolute Gasteiger partial charge is 0.392 e. The summed E-state index contributed by atoms with van der Waals surface area (Å²) in [5.74, 6) is -0.194. The summed E-state index contributed by atoms with van der Waals surface area (Å²) < 4.78 is 1.45. The molecule has 2 rings (SSSR count). The van der Waals surface area contributed by atoms with Crippen LogP contribution in [0.3, 0.4) is 0 Å². The lowest BCUT2D eigenvalue weighted by Crippen LogP contribution is -2.09. The van der Waals surface area contributed by atoms with Gasteiger partial charge in [0.05, 0.1) is 18.2 Å². The van der Waals surface area contributed by atoms with Gasteiger partial charge in [-0.05, 0) is 29.8 Å². The van der Waals surface area contributed by atoms with Crippen LogP contribution in [-0.2, 0) is 0 Å². The molecule has 0 aliphatic heterocycles. The fourth-order valence-electron chi connectivity index (χ4n) is 1.70. The second-order valence-corrected chi connectivity index (χ2v) is 3.93. The van der Waals surface area contributed by atoms with E-state index in [0.29, 0.717) is 11.1 Å². The van der Waals surface area contributed by atoms with Crippen molar-refractivity contribution in [1.29, 1.82) is 5.26 Å². The first-order chi connectivity index (χ1) is 9.24. The molecule has 4 nitrogen and oxygen atoms in total. The fraction of sp³-hybridized carbons (Fsp3) is 0.0667. The predicted molar refractivity (Wildman–Crippen MR) is 71.4 cm³/mol. The normalized spacial score (nSPS) is 10.5. The number of nitriles is 1. The third-order valence-corrected chi connectivity index (χ3v) is 2.60. The number of nitrogens with zero attached hydrogens (tertiary/aromatic N) is 2. The van der Waals surface area contributed by atoms with E-state index in [9.17, 15) is 4.79 Å². The monoisotopic (exact) mass is 252 g/mol. The molecule has 0 bridgehead atoms. The van der Waals surface area contributed by atoms with Gasteiger partial charge in [-0.25, -0.2) is 0 Å². The zero-order valence-electron chi connectivity index (χ0n) is 10.2. The van der Waals surface area contributed by atoms with Crippen LogP contribution in [0.25, 0.3) is 6.08 Å². The van der Waals surface area contributed by atoms with Crippen molar-refractivity contribution < 1.29 is 9.90 Å². The minimum Gasteiger partial charge on any atom is -0.392 e. The second-order valence-electron chi connectivity index (χ2n) is 3.93. The Labute approximate surface area is 110 Å². The van der Waals surface area contributed by atoms with Crippen LogP contribution in [0, 0.1) is 11.3 Å². The van der Waals surface area contributed by atoms with Crippen molar-refractivity contribution >= 4 is 12.0 Å². The Morgan fingerprint density at radius 2 is 2.26 bits per heavy atom. The van der Waals surface area contributed by atoms with Crippen molar-refractivity contribution in [3.05, 3.63) is 65.5 Å². The molecule has 0 fully saturated rings. The van der Waals surface area contributed by atoms with Crippen molar-refractivity contribution in [3.8, 4) is 6.07 Å². The van der Waals surface area contributed by atoms with Gasteiger partial charge < -0.3 is 5.11 Å². The van der Waals surface area contributed by atoms with Gasteiger partial charge in [0.1, 0.15) is 0 Å². The molecule has 1 aromatic heterocycles. The van der Waals surface area contributed by atoms with Crippen LogP contribution in [0.1, 0.15) is 21.5 Å². The van der Waals surface area contributed by atoms with Crippen molar-refractivity contribution in [2.45, 2.75) is 0 Å². The van der Waals surface area contributed by atoms with Gasteiger partial charge >= 0.3 is 0 Å². The quantitative estimate of drug-likeness (QED) is 0.909. The second kappa shape index (κ2) is 5.80. The van der Waals surface area contributed by atoms with Gasteiger partial charge in [-0.3, -0.25) is 9.36 Å². The summed E-state index contributed by atoms with van der Waals surface area (Å²) in [7, 11) is 0. The maximum Gasteiger partial charge on any atom is 0.261 e. The maximum absolute atomic E-state index is 12.2. The number of aliphatic hydroxyl groups is 1. The third-order valence-electron chi connectivity index (χ3n) is 2.60. The number of benzene rings is 1. The molecule has 0 saturated heterocycles. The minimum atomic E-state index is -0.194. The van der Waals surface area contributed by atoms with E-state index in [1.807, 2.05) is 6.07 Å². The molecule has 0 aliphatic carbocycles. The molecule has 0 amide bonds. The van der Waals surface area contributed by atoms with E-state index in [-0.39, 0.29) is 12.5 Å². The zero-order chi connectivity index (χ0) is 13.7. The highest BCUT2D eigenvalue weighted by molar-refractivity contribution is 5.96. The van der Waals surface area contributed by atoms with Gasteiger partial charge in [0.15, 0.2) is 0 Å². The first kappa shape index (κ1) is 12.8. The molecule has 1 aromatic carbocycles. The van der Waals surface area contributed by atoms with E-state index in [2.05, 4.69) is 0 Å². The van der Waals surface area contributed by atoms with Crippen molar-refractivity contribution in [1.82, 2.24) is 4.57 Å². The summed E-state index contributed by atoms with van der Waals surface area (Å²) in [6.45, 7) is -0.0384. The van der Waals surface area contributed by atoms with Crippen molar-refractivity contribution in [3.63, 3.8) is 0 Å². The molecular weight excluding hydrogens is 240 g/mol. The molecule has 0 atom stereocenters.